The lowest BCUT2D eigenvalue weighted by molar-refractivity contribution is 0.0742. The average molecular weight is 252 g/mol. The molecule has 1 aromatic carbocycles. The Morgan fingerprint density at radius 1 is 1.50 bits per heavy atom. The summed E-state index contributed by atoms with van der Waals surface area (Å²) in [5, 5.41) is 0. The zero-order valence-electron chi connectivity index (χ0n) is 11.2. The number of hydrogen-bond donors (Lipinski definition) is 1. The van der Waals surface area contributed by atoms with Crippen LogP contribution in [0, 0.1) is 18.7 Å². The topological polar surface area (TPSA) is 46.3 Å². The first-order valence-corrected chi connectivity index (χ1v) is 6.25. The quantitative estimate of drug-likeness (QED) is 0.873. The number of aryl methyl sites for hydroxylation is 1. The van der Waals surface area contributed by atoms with E-state index in [0.29, 0.717) is 25.2 Å². The van der Waals surface area contributed by atoms with Crippen LogP contribution in [0.25, 0.3) is 0 Å². The van der Waals surface area contributed by atoms with Gasteiger partial charge in [0.2, 0.25) is 0 Å². The highest BCUT2D eigenvalue weighted by Crippen LogP contribution is 2.14. The van der Waals surface area contributed by atoms with Crippen LogP contribution in [-0.2, 0) is 0 Å². The van der Waals surface area contributed by atoms with Crippen molar-refractivity contribution in [3.05, 3.63) is 35.1 Å². The lowest BCUT2D eigenvalue weighted by atomic mass is 10.1. The molecule has 1 amide bonds. The van der Waals surface area contributed by atoms with E-state index in [0.717, 1.165) is 5.56 Å². The summed E-state index contributed by atoms with van der Waals surface area (Å²) in [6, 6.07) is 4.29. The van der Waals surface area contributed by atoms with Crippen molar-refractivity contribution in [2.75, 3.05) is 19.6 Å². The highest BCUT2D eigenvalue weighted by Gasteiger charge is 2.18. The first-order chi connectivity index (χ1) is 8.49. The van der Waals surface area contributed by atoms with Gasteiger partial charge in [-0.25, -0.2) is 4.39 Å². The Bertz CT molecular complexity index is 420. The van der Waals surface area contributed by atoms with Crippen LogP contribution in [0.1, 0.15) is 29.8 Å². The molecule has 1 unspecified atom stereocenters. The molecule has 18 heavy (non-hydrogen) atoms. The molecule has 1 aromatic rings. The predicted molar refractivity (Wildman–Crippen MR) is 70.9 cm³/mol. The van der Waals surface area contributed by atoms with Gasteiger partial charge in [0.05, 0.1) is 0 Å². The van der Waals surface area contributed by atoms with E-state index in [9.17, 15) is 9.18 Å². The lowest BCUT2D eigenvalue weighted by Crippen LogP contribution is -2.36. The third-order valence-electron chi connectivity index (χ3n) is 3.03. The molecule has 3 nitrogen and oxygen atoms in total. The third-order valence-corrected chi connectivity index (χ3v) is 3.03. The summed E-state index contributed by atoms with van der Waals surface area (Å²) in [6.45, 7) is 7.45. The highest BCUT2D eigenvalue weighted by atomic mass is 19.1. The second-order valence-electron chi connectivity index (χ2n) is 4.64. The Balaban J connectivity index is 2.92. The molecule has 1 rings (SSSR count). The van der Waals surface area contributed by atoms with Gasteiger partial charge >= 0.3 is 0 Å². The molecule has 0 aliphatic rings. The SMILES string of the molecule is CCN(CC(C)CN)C(=O)c1cc(F)ccc1C. The molecule has 100 valence electrons. The first kappa shape index (κ1) is 14.6. The van der Waals surface area contributed by atoms with Crippen molar-refractivity contribution in [3.8, 4) is 0 Å². The molecular formula is C14H21FN2O. The van der Waals surface area contributed by atoms with Crippen LogP contribution in [0.5, 0.6) is 0 Å². The molecule has 2 N–H and O–H groups in total. The Kier molecular flexibility index (Phi) is 5.28. The van der Waals surface area contributed by atoms with E-state index in [1.807, 2.05) is 20.8 Å². The molecule has 0 radical (unpaired) electrons. The summed E-state index contributed by atoms with van der Waals surface area (Å²) >= 11 is 0. The number of hydrogen-bond acceptors (Lipinski definition) is 2. The standard InChI is InChI=1S/C14H21FN2O/c1-4-17(9-10(2)8-16)14(18)13-7-12(15)6-5-11(13)3/h5-7,10H,4,8-9,16H2,1-3H3. The fourth-order valence-corrected chi connectivity index (χ4v) is 1.80. The first-order valence-electron chi connectivity index (χ1n) is 6.25. The van der Waals surface area contributed by atoms with Gasteiger partial charge in [-0.15, -0.1) is 0 Å². The minimum absolute atomic E-state index is 0.130. The Hall–Kier alpha value is -1.42. The summed E-state index contributed by atoms with van der Waals surface area (Å²) in [7, 11) is 0. The van der Waals surface area contributed by atoms with E-state index in [-0.39, 0.29) is 17.6 Å². The zero-order chi connectivity index (χ0) is 13.7. The summed E-state index contributed by atoms with van der Waals surface area (Å²) in [5.41, 5.74) is 6.79. The molecule has 0 saturated carbocycles. The van der Waals surface area contributed by atoms with Gasteiger partial charge in [0.15, 0.2) is 0 Å². The fraction of sp³-hybridized carbons (Fsp3) is 0.500. The van der Waals surface area contributed by atoms with Crippen LogP contribution >= 0.6 is 0 Å². The van der Waals surface area contributed by atoms with Crippen molar-refractivity contribution >= 4 is 5.91 Å². The van der Waals surface area contributed by atoms with Crippen LogP contribution in [-0.4, -0.2) is 30.4 Å². The number of carbonyl (C=O) groups is 1. The number of halogens is 1. The molecule has 0 saturated heterocycles. The maximum Gasteiger partial charge on any atom is 0.254 e. The van der Waals surface area contributed by atoms with Gasteiger partial charge in [-0.1, -0.05) is 13.0 Å². The summed E-state index contributed by atoms with van der Waals surface area (Å²) in [4.78, 5) is 14.0. The van der Waals surface area contributed by atoms with E-state index in [1.54, 1.807) is 11.0 Å². The minimum Gasteiger partial charge on any atom is -0.339 e. The Morgan fingerprint density at radius 2 is 2.17 bits per heavy atom. The fourth-order valence-electron chi connectivity index (χ4n) is 1.80. The second-order valence-corrected chi connectivity index (χ2v) is 4.64. The smallest absolute Gasteiger partial charge is 0.254 e. The molecule has 0 heterocycles. The molecule has 0 aliphatic heterocycles. The van der Waals surface area contributed by atoms with Crippen LogP contribution in [0.3, 0.4) is 0 Å². The normalized spacial score (nSPS) is 12.3. The number of nitrogens with zero attached hydrogens (tertiary/aromatic N) is 1. The van der Waals surface area contributed by atoms with Crippen molar-refractivity contribution in [2.45, 2.75) is 20.8 Å². The van der Waals surface area contributed by atoms with Crippen molar-refractivity contribution < 1.29 is 9.18 Å². The second kappa shape index (κ2) is 6.50. The lowest BCUT2D eigenvalue weighted by Gasteiger charge is -2.24. The molecule has 1 atom stereocenters. The van der Waals surface area contributed by atoms with Crippen LogP contribution in [0.4, 0.5) is 4.39 Å². The van der Waals surface area contributed by atoms with Gasteiger partial charge in [0, 0.05) is 18.7 Å². The van der Waals surface area contributed by atoms with Crippen LogP contribution in [0.2, 0.25) is 0 Å². The number of rotatable bonds is 5. The molecular weight excluding hydrogens is 231 g/mol. The Morgan fingerprint density at radius 3 is 2.72 bits per heavy atom. The number of amides is 1. The third kappa shape index (κ3) is 3.53. The molecule has 0 aromatic heterocycles. The van der Waals surface area contributed by atoms with Crippen LogP contribution in [0.15, 0.2) is 18.2 Å². The number of carbonyl (C=O) groups excluding carboxylic acids is 1. The van der Waals surface area contributed by atoms with Crippen molar-refractivity contribution in [1.82, 2.24) is 4.90 Å². The van der Waals surface area contributed by atoms with Crippen molar-refractivity contribution in [2.24, 2.45) is 11.7 Å². The number of benzene rings is 1. The maximum atomic E-state index is 13.2. The molecule has 0 fully saturated rings. The predicted octanol–water partition coefficient (Wildman–Crippen LogP) is 2.19. The summed E-state index contributed by atoms with van der Waals surface area (Å²) in [6.07, 6.45) is 0. The van der Waals surface area contributed by atoms with E-state index in [4.69, 9.17) is 5.73 Å². The summed E-state index contributed by atoms with van der Waals surface area (Å²) in [5.74, 6) is -0.274. The van der Waals surface area contributed by atoms with Gasteiger partial charge in [0.25, 0.3) is 5.91 Å². The molecule has 0 bridgehead atoms. The van der Waals surface area contributed by atoms with Crippen molar-refractivity contribution in [1.29, 1.82) is 0 Å². The maximum absolute atomic E-state index is 13.2. The largest absolute Gasteiger partial charge is 0.339 e. The summed E-state index contributed by atoms with van der Waals surface area (Å²) < 4.78 is 13.2. The van der Waals surface area contributed by atoms with Crippen molar-refractivity contribution in [3.63, 3.8) is 0 Å². The van der Waals surface area contributed by atoms with E-state index in [2.05, 4.69) is 0 Å². The van der Waals surface area contributed by atoms with E-state index in [1.165, 1.54) is 12.1 Å². The number of nitrogens with two attached hydrogens (primary N) is 1. The van der Waals surface area contributed by atoms with E-state index < -0.39 is 0 Å². The van der Waals surface area contributed by atoms with Gasteiger partial charge in [-0.2, -0.15) is 0 Å². The Labute approximate surface area is 108 Å². The molecule has 0 aliphatic carbocycles. The zero-order valence-corrected chi connectivity index (χ0v) is 11.2. The molecule has 0 spiro atoms. The van der Waals surface area contributed by atoms with Gasteiger partial charge in [0.1, 0.15) is 5.82 Å². The minimum atomic E-state index is -0.383. The highest BCUT2D eigenvalue weighted by molar-refractivity contribution is 5.95. The monoisotopic (exact) mass is 252 g/mol. The molecule has 4 heteroatoms. The van der Waals surface area contributed by atoms with Gasteiger partial charge < -0.3 is 10.6 Å². The average Bonchev–Trinajstić information content (AvgIpc) is 2.37. The van der Waals surface area contributed by atoms with Gasteiger partial charge in [-0.05, 0) is 44.0 Å². The van der Waals surface area contributed by atoms with Crippen LogP contribution < -0.4 is 5.73 Å². The van der Waals surface area contributed by atoms with Gasteiger partial charge in [-0.3, -0.25) is 4.79 Å². The van der Waals surface area contributed by atoms with E-state index >= 15 is 0 Å².